The summed E-state index contributed by atoms with van der Waals surface area (Å²) >= 11 is 0. The third kappa shape index (κ3) is 1.99. The Morgan fingerprint density at radius 2 is 1.93 bits per heavy atom. The number of aliphatic hydroxyl groups excluding tert-OH is 1. The third-order valence-electron chi connectivity index (χ3n) is 2.02. The summed E-state index contributed by atoms with van der Waals surface area (Å²) < 4.78 is 13.4. The Hall–Kier alpha value is -1.81. The number of hydrogen-bond donors (Lipinski definition) is 1. The summed E-state index contributed by atoms with van der Waals surface area (Å²) in [7, 11) is 0. The standard InChI is InChI=1S/C11H9FN2O/c12-10-3-2-8(7-15)6-9(10)11-13-4-1-5-14-11/h1-6,15H,7H2. The van der Waals surface area contributed by atoms with Gasteiger partial charge in [0, 0.05) is 12.4 Å². The molecule has 0 spiro atoms. The minimum Gasteiger partial charge on any atom is -0.392 e. The Labute approximate surface area is 86.3 Å². The van der Waals surface area contributed by atoms with Gasteiger partial charge >= 0.3 is 0 Å². The van der Waals surface area contributed by atoms with Crippen molar-refractivity contribution in [2.45, 2.75) is 6.61 Å². The van der Waals surface area contributed by atoms with Gasteiger partial charge in [-0.2, -0.15) is 0 Å². The molecule has 1 heterocycles. The molecule has 0 aliphatic heterocycles. The molecule has 1 N–H and O–H groups in total. The van der Waals surface area contributed by atoms with Crippen LogP contribution in [0.25, 0.3) is 11.4 Å². The lowest BCUT2D eigenvalue weighted by molar-refractivity contribution is 0.282. The smallest absolute Gasteiger partial charge is 0.162 e. The second-order valence-corrected chi connectivity index (χ2v) is 3.04. The van der Waals surface area contributed by atoms with Crippen LogP contribution in [0.3, 0.4) is 0 Å². The molecule has 76 valence electrons. The van der Waals surface area contributed by atoms with E-state index >= 15 is 0 Å². The molecular weight excluding hydrogens is 195 g/mol. The van der Waals surface area contributed by atoms with Crippen molar-refractivity contribution in [2.75, 3.05) is 0 Å². The van der Waals surface area contributed by atoms with E-state index in [0.717, 1.165) is 0 Å². The zero-order valence-electron chi connectivity index (χ0n) is 7.89. The van der Waals surface area contributed by atoms with E-state index in [9.17, 15) is 4.39 Å². The average Bonchev–Trinajstić information content (AvgIpc) is 2.31. The van der Waals surface area contributed by atoms with Crippen molar-refractivity contribution in [1.82, 2.24) is 9.97 Å². The Balaban J connectivity index is 2.52. The molecule has 1 aromatic carbocycles. The van der Waals surface area contributed by atoms with E-state index in [0.29, 0.717) is 17.0 Å². The van der Waals surface area contributed by atoms with Crippen LogP contribution in [0, 0.1) is 5.82 Å². The second kappa shape index (κ2) is 4.14. The molecule has 1 aromatic heterocycles. The predicted molar refractivity (Wildman–Crippen MR) is 53.3 cm³/mol. The summed E-state index contributed by atoms with van der Waals surface area (Å²) in [6.07, 6.45) is 3.10. The molecule has 0 aliphatic rings. The molecule has 0 amide bonds. The van der Waals surface area contributed by atoms with Gasteiger partial charge in [0.05, 0.1) is 12.2 Å². The summed E-state index contributed by atoms with van der Waals surface area (Å²) in [6.45, 7) is -0.125. The molecule has 0 fully saturated rings. The van der Waals surface area contributed by atoms with Crippen molar-refractivity contribution in [1.29, 1.82) is 0 Å². The average molecular weight is 204 g/mol. The van der Waals surface area contributed by atoms with Crippen LogP contribution in [0.5, 0.6) is 0 Å². The molecule has 0 radical (unpaired) electrons. The van der Waals surface area contributed by atoms with E-state index in [1.807, 2.05) is 0 Å². The molecular formula is C11H9FN2O. The zero-order valence-corrected chi connectivity index (χ0v) is 7.89. The quantitative estimate of drug-likeness (QED) is 0.810. The maximum Gasteiger partial charge on any atom is 0.162 e. The Kier molecular flexibility index (Phi) is 2.69. The van der Waals surface area contributed by atoms with Crippen molar-refractivity contribution in [3.8, 4) is 11.4 Å². The fraction of sp³-hybridized carbons (Fsp3) is 0.0909. The van der Waals surface area contributed by atoms with E-state index in [4.69, 9.17) is 5.11 Å². The first-order valence-electron chi connectivity index (χ1n) is 4.48. The van der Waals surface area contributed by atoms with E-state index in [-0.39, 0.29) is 6.61 Å². The first-order valence-corrected chi connectivity index (χ1v) is 4.48. The second-order valence-electron chi connectivity index (χ2n) is 3.04. The molecule has 0 aliphatic carbocycles. The molecule has 0 atom stereocenters. The third-order valence-corrected chi connectivity index (χ3v) is 2.02. The first kappa shape index (κ1) is 9.73. The van der Waals surface area contributed by atoms with Crippen LogP contribution < -0.4 is 0 Å². The van der Waals surface area contributed by atoms with Crippen LogP contribution >= 0.6 is 0 Å². The van der Waals surface area contributed by atoms with Crippen molar-refractivity contribution in [3.63, 3.8) is 0 Å². The van der Waals surface area contributed by atoms with Crippen LogP contribution in [0.2, 0.25) is 0 Å². The number of nitrogens with zero attached hydrogens (tertiary/aromatic N) is 2. The summed E-state index contributed by atoms with van der Waals surface area (Å²) in [4.78, 5) is 7.90. The van der Waals surface area contributed by atoms with Gasteiger partial charge < -0.3 is 5.11 Å². The minimum absolute atomic E-state index is 0.125. The zero-order chi connectivity index (χ0) is 10.7. The Bertz CT molecular complexity index is 459. The number of halogens is 1. The topological polar surface area (TPSA) is 46.0 Å². The molecule has 2 rings (SSSR count). The Morgan fingerprint density at radius 1 is 1.20 bits per heavy atom. The number of aliphatic hydroxyl groups is 1. The molecule has 0 bridgehead atoms. The lowest BCUT2D eigenvalue weighted by Gasteiger charge is -2.03. The van der Waals surface area contributed by atoms with Crippen LogP contribution in [-0.2, 0) is 6.61 Å². The molecule has 2 aromatic rings. The molecule has 3 nitrogen and oxygen atoms in total. The number of rotatable bonds is 2. The monoisotopic (exact) mass is 204 g/mol. The highest BCUT2D eigenvalue weighted by atomic mass is 19.1. The van der Waals surface area contributed by atoms with E-state index < -0.39 is 5.82 Å². The highest BCUT2D eigenvalue weighted by Gasteiger charge is 2.07. The van der Waals surface area contributed by atoms with Gasteiger partial charge in [-0.25, -0.2) is 14.4 Å². The van der Waals surface area contributed by atoms with Gasteiger partial charge in [-0.3, -0.25) is 0 Å². The van der Waals surface area contributed by atoms with Crippen molar-refractivity contribution < 1.29 is 9.50 Å². The lowest BCUT2D eigenvalue weighted by Crippen LogP contribution is -1.93. The Morgan fingerprint density at radius 3 is 2.60 bits per heavy atom. The van der Waals surface area contributed by atoms with E-state index in [2.05, 4.69) is 9.97 Å². The fourth-order valence-corrected chi connectivity index (χ4v) is 1.28. The fourth-order valence-electron chi connectivity index (χ4n) is 1.28. The highest BCUT2D eigenvalue weighted by Crippen LogP contribution is 2.19. The van der Waals surface area contributed by atoms with Crippen LogP contribution in [-0.4, -0.2) is 15.1 Å². The highest BCUT2D eigenvalue weighted by molar-refractivity contribution is 5.56. The number of aromatic nitrogens is 2. The normalized spacial score (nSPS) is 10.3. The van der Waals surface area contributed by atoms with Crippen molar-refractivity contribution in [2.24, 2.45) is 0 Å². The van der Waals surface area contributed by atoms with Gasteiger partial charge in [0.2, 0.25) is 0 Å². The molecule has 4 heteroatoms. The molecule has 0 unspecified atom stereocenters. The summed E-state index contributed by atoms with van der Waals surface area (Å²) in [5, 5.41) is 8.94. The van der Waals surface area contributed by atoms with Crippen molar-refractivity contribution in [3.05, 3.63) is 48.0 Å². The van der Waals surface area contributed by atoms with E-state index in [1.54, 1.807) is 24.5 Å². The van der Waals surface area contributed by atoms with Gasteiger partial charge in [-0.15, -0.1) is 0 Å². The van der Waals surface area contributed by atoms with Gasteiger partial charge in [0.15, 0.2) is 5.82 Å². The van der Waals surface area contributed by atoms with Crippen molar-refractivity contribution >= 4 is 0 Å². The van der Waals surface area contributed by atoms with Crippen LogP contribution in [0.1, 0.15) is 5.56 Å². The minimum atomic E-state index is -0.390. The summed E-state index contributed by atoms with van der Waals surface area (Å²) in [5.74, 6) is -0.0660. The molecule has 0 saturated carbocycles. The van der Waals surface area contributed by atoms with Gasteiger partial charge in [-0.05, 0) is 23.8 Å². The number of hydrogen-bond acceptors (Lipinski definition) is 3. The predicted octanol–water partition coefficient (Wildman–Crippen LogP) is 1.77. The van der Waals surface area contributed by atoms with Gasteiger partial charge in [0.1, 0.15) is 5.82 Å². The van der Waals surface area contributed by atoms with Gasteiger partial charge in [-0.1, -0.05) is 6.07 Å². The SMILES string of the molecule is OCc1ccc(F)c(-c2ncccn2)c1. The largest absolute Gasteiger partial charge is 0.392 e. The summed E-state index contributed by atoms with van der Waals surface area (Å²) in [6, 6.07) is 6.04. The molecule has 0 saturated heterocycles. The first-order chi connectivity index (χ1) is 7.31. The van der Waals surface area contributed by atoms with Crippen LogP contribution in [0.15, 0.2) is 36.7 Å². The molecule has 15 heavy (non-hydrogen) atoms. The maximum atomic E-state index is 13.4. The van der Waals surface area contributed by atoms with Gasteiger partial charge in [0.25, 0.3) is 0 Å². The summed E-state index contributed by atoms with van der Waals surface area (Å²) in [5.41, 5.74) is 0.945. The maximum absolute atomic E-state index is 13.4. The van der Waals surface area contributed by atoms with E-state index in [1.165, 1.54) is 12.1 Å². The van der Waals surface area contributed by atoms with Crippen LogP contribution in [0.4, 0.5) is 4.39 Å². The number of benzene rings is 1. The lowest BCUT2D eigenvalue weighted by atomic mass is 10.1.